The zero-order valence-corrected chi connectivity index (χ0v) is 11.7. The van der Waals surface area contributed by atoms with Gasteiger partial charge in [-0.05, 0) is 6.07 Å². The molecule has 1 aromatic rings. The average molecular weight is 340 g/mol. The highest BCUT2D eigenvalue weighted by atomic mass is 79.9. The van der Waals surface area contributed by atoms with Gasteiger partial charge in [0.2, 0.25) is 5.75 Å². The van der Waals surface area contributed by atoms with Crippen molar-refractivity contribution < 1.29 is 22.3 Å². The number of nitrogens with zero attached hydrogens (tertiary/aromatic N) is 1. The van der Waals surface area contributed by atoms with E-state index in [0.29, 0.717) is 5.33 Å². The van der Waals surface area contributed by atoms with Crippen molar-refractivity contribution in [3.05, 3.63) is 28.3 Å². The molecule has 0 aliphatic heterocycles. The van der Waals surface area contributed by atoms with E-state index in [4.69, 9.17) is 4.74 Å². The Morgan fingerprint density at radius 3 is 2.61 bits per heavy atom. The topological polar surface area (TPSA) is 95.7 Å². The summed E-state index contributed by atoms with van der Waals surface area (Å²) in [5, 5.41) is 11.2. The molecule has 0 atom stereocenters. The lowest BCUT2D eigenvalue weighted by Crippen LogP contribution is -2.07. The van der Waals surface area contributed by atoms with Crippen molar-refractivity contribution in [2.75, 3.05) is 18.2 Å². The highest BCUT2D eigenvalue weighted by molar-refractivity contribution is 9.09. The van der Waals surface area contributed by atoms with Gasteiger partial charge in [0.05, 0.1) is 17.8 Å². The number of hydrogen-bond donors (Lipinski definition) is 0. The van der Waals surface area contributed by atoms with E-state index in [1.807, 2.05) is 0 Å². The molecule has 1 aromatic carbocycles. The van der Waals surface area contributed by atoms with Crippen LogP contribution in [0.15, 0.2) is 18.2 Å². The SMILES string of the molecule is CS(=O)(=O)Oc1ccc([N+](=O)[O-])c(OCCBr)c1. The molecule has 0 radical (unpaired) electrons. The molecule has 7 nitrogen and oxygen atoms in total. The van der Waals surface area contributed by atoms with Gasteiger partial charge in [-0.25, -0.2) is 0 Å². The lowest BCUT2D eigenvalue weighted by molar-refractivity contribution is -0.385. The minimum Gasteiger partial charge on any atom is -0.486 e. The van der Waals surface area contributed by atoms with Crippen LogP contribution in [0.5, 0.6) is 11.5 Å². The lowest BCUT2D eigenvalue weighted by Gasteiger charge is -2.07. The number of nitro groups is 1. The van der Waals surface area contributed by atoms with Gasteiger partial charge in [-0.15, -0.1) is 0 Å². The first kappa shape index (κ1) is 14.7. The van der Waals surface area contributed by atoms with Crippen LogP contribution in [0.3, 0.4) is 0 Å². The quantitative estimate of drug-likeness (QED) is 0.339. The molecule has 0 bridgehead atoms. The summed E-state index contributed by atoms with van der Waals surface area (Å²) in [6.45, 7) is 0.211. The van der Waals surface area contributed by atoms with Crippen LogP contribution in [-0.2, 0) is 10.1 Å². The summed E-state index contributed by atoms with van der Waals surface area (Å²) in [7, 11) is -3.68. The Morgan fingerprint density at radius 2 is 2.11 bits per heavy atom. The number of benzene rings is 1. The van der Waals surface area contributed by atoms with Crippen LogP contribution in [0.25, 0.3) is 0 Å². The first-order valence-corrected chi connectivity index (χ1v) is 7.64. The third-order valence-corrected chi connectivity index (χ3v) is 2.53. The smallest absolute Gasteiger partial charge is 0.311 e. The van der Waals surface area contributed by atoms with Crippen LogP contribution in [0.1, 0.15) is 0 Å². The zero-order valence-electron chi connectivity index (χ0n) is 9.33. The molecule has 0 aliphatic carbocycles. The van der Waals surface area contributed by atoms with E-state index < -0.39 is 15.0 Å². The van der Waals surface area contributed by atoms with Crippen molar-refractivity contribution in [2.24, 2.45) is 0 Å². The monoisotopic (exact) mass is 339 g/mol. The first-order chi connectivity index (χ1) is 8.33. The van der Waals surface area contributed by atoms with E-state index in [0.717, 1.165) is 12.3 Å². The van der Waals surface area contributed by atoms with Gasteiger partial charge in [-0.2, -0.15) is 8.42 Å². The van der Waals surface area contributed by atoms with E-state index in [1.54, 1.807) is 0 Å². The van der Waals surface area contributed by atoms with Crippen LogP contribution < -0.4 is 8.92 Å². The molecule has 0 aromatic heterocycles. The Balaban J connectivity index is 3.08. The lowest BCUT2D eigenvalue weighted by atomic mass is 10.3. The summed E-state index contributed by atoms with van der Waals surface area (Å²) in [4.78, 5) is 10.1. The maximum Gasteiger partial charge on any atom is 0.311 e. The first-order valence-electron chi connectivity index (χ1n) is 4.70. The van der Waals surface area contributed by atoms with Crippen molar-refractivity contribution in [3.8, 4) is 11.5 Å². The van der Waals surface area contributed by atoms with Gasteiger partial charge in [0.1, 0.15) is 5.75 Å². The summed E-state index contributed by atoms with van der Waals surface area (Å²) >= 11 is 3.11. The largest absolute Gasteiger partial charge is 0.486 e. The average Bonchev–Trinajstić information content (AvgIpc) is 2.23. The molecule has 100 valence electrons. The Labute approximate surface area is 112 Å². The van der Waals surface area contributed by atoms with Crippen LogP contribution >= 0.6 is 15.9 Å². The molecule has 0 spiro atoms. The van der Waals surface area contributed by atoms with Crippen LogP contribution in [0.4, 0.5) is 5.69 Å². The molecular formula is C9H10BrNO6S. The second-order valence-electron chi connectivity index (χ2n) is 3.21. The summed E-state index contributed by atoms with van der Waals surface area (Å²) in [6.07, 6.45) is 0.882. The summed E-state index contributed by atoms with van der Waals surface area (Å²) in [6, 6.07) is 3.49. The Bertz CT molecular complexity index is 544. The van der Waals surface area contributed by atoms with E-state index >= 15 is 0 Å². The predicted octanol–water partition coefficient (Wildman–Crippen LogP) is 1.71. The van der Waals surface area contributed by atoms with E-state index in [1.165, 1.54) is 12.1 Å². The van der Waals surface area contributed by atoms with Gasteiger partial charge in [0.25, 0.3) is 0 Å². The summed E-state index contributed by atoms with van der Waals surface area (Å²) in [5.74, 6) is -0.0757. The molecule has 0 unspecified atom stereocenters. The molecule has 0 N–H and O–H groups in total. The third-order valence-electron chi connectivity index (χ3n) is 1.71. The fourth-order valence-corrected chi connectivity index (χ4v) is 1.75. The highest BCUT2D eigenvalue weighted by Crippen LogP contribution is 2.31. The van der Waals surface area contributed by atoms with Gasteiger partial charge >= 0.3 is 15.8 Å². The number of alkyl halides is 1. The molecule has 1 rings (SSSR count). The maximum absolute atomic E-state index is 10.9. The van der Waals surface area contributed by atoms with Crippen molar-refractivity contribution in [3.63, 3.8) is 0 Å². The highest BCUT2D eigenvalue weighted by Gasteiger charge is 2.17. The van der Waals surface area contributed by atoms with E-state index in [2.05, 4.69) is 20.1 Å². The molecular weight excluding hydrogens is 330 g/mol. The van der Waals surface area contributed by atoms with Gasteiger partial charge < -0.3 is 8.92 Å². The standard InChI is InChI=1S/C9H10BrNO6S/c1-18(14,15)17-7-2-3-8(11(12)13)9(6-7)16-5-4-10/h2-3,6H,4-5H2,1H3. The maximum atomic E-state index is 10.9. The number of ether oxygens (including phenoxy) is 1. The molecule has 9 heteroatoms. The van der Waals surface area contributed by atoms with Crippen molar-refractivity contribution in [2.45, 2.75) is 0 Å². The second-order valence-corrected chi connectivity index (χ2v) is 5.58. The van der Waals surface area contributed by atoms with Gasteiger partial charge in [-0.3, -0.25) is 10.1 Å². The molecule has 0 saturated carbocycles. The van der Waals surface area contributed by atoms with Crippen LogP contribution in [0.2, 0.25) is 0 Å². The molecule has 0 aliphatic rings. The normalized spacial score (nSPS) is 11.0. The van der Waals surface area contributed by atoms with Gasteiger partial charge in [0, 0.05) is 17.5 Å². The Kier molecular flexibility index (Phi) is 4.91. The minimum atomic E-state index is -3.68. The summed E-state index contributed by atoms with van der Waals surface area (Å²) in [5.41, 5.74) is -0.253. The van der Waals surface area contributed by atoms with E-state index in [-0.39, 0.29) is 23.8 Å². The van der Waals surface area contributed by atoms with Gasteiger partial charge in [0.15, 0.2) is 0 Å². The van der Waals surface area contributed by atoms with Crippen molar-refractivity contribution >= 4 is 31.7 Å². The number of halogens is 1. The van der Waals surface area contributed by atoms with Crippen molar-refractivity contribution in [1.82, 2.24) is 0 Å². The molecule has 0 fully saturated rings. The second kappa shape index (κ2) is 6.01. The zero-order chi connectivity index (χ0) is 13.8. The molecule has 0 saturated heterocycles. The minimum absolute atomic E-state index is 0.0346. The summed E-state index contributed by atoms with van der Waals surface area (Å²) < 4.78 is 31.6. The van der Waals surface area contributed by atoms with Gasteiger partial charge in [-0.1, -0.05) is 15.9 Å². The number of nitro benzene ring substituents is 1. The molecule has 0 amide bonds. The van der Waals surface area contributed by atoms with Crippen LogP contribution in [-0.4, -0.2) is 31.5 Å². The Morgan fingerprint density at radius 1 is 1.44 bits per heavy atom. The predicted molar refractivity (Wildman–Crippen MR) is 67.9 cm³/mol. The third kappa shape index (κ3) is 4.49. The number of rotatable bonds is 6. The van der Waals surface area contributed by atoms with Crippen LogP contribution in [0, 0.1) is 10.1 Å². The molecule has 0 heterocycles. The van der Waals surface area contributed by atoms with Crippen molar-refractivity contribution in [1.29, 1.82) is 0 Å². The fraction of sp³-hybridized carbons (Fsp3) is 0.333. The molecule has 18 heavy (non-hydrogen) atoms. The number of hydrogen-bond acceptors (Lipinski definition) is 6. The van der Waals surface area contributed by atoms with E-state index in [9.17, 15) is 18.5 Å². The fourth-order valence-electron chi connectivity index (χ4n) is 1.14. The Hall–Kier alpha value is -1.35.